The van der Waals surface area contributed by atoms with Crippen LogP contribution in [-0.2, 0) is 0 Å². The zero-order valence-corrected chi connectivity index (χ0v) is 14.3. The Labute approximate surface area is 153 Å². The standard InChI is InChI=1S/C21H18FNO.ClH/c22-18-13-11-16(12-14-18)20(23-19-9-5-2-6-10-19)15-21(24)17-7-3-1-4-8-17;/h1-14,20,23H,15H2;1H/p-1. The maximum atomic E-state index is 13.2. The van der Waals surface area contributed by atoms with Crippen LogP contribution in [0.5, 0.6) is 0 Å². The number of Topliss-reactive ketones (excluding diaryl/α,β-unsaturated/α-hetero) is 1. The lowest BCUT2D eigenvalue weighted by atomic mass is 9.97. The molecule has 3 aromatic rings. The fourth-order valence-electron chi connectivity index (χ4n) is 2.61. The first kappa shape index (κ1) is 18.7. The molecule has 1 N–H and O–H groups in total. The molecule has 0 saturated heterocycles. The van der Waals surface area contributed by atoms with Crippen molar-refractivity contribution in [2.24, 2.45) is 0 Å². The number of para-hydroxylation sites is 1. The Kier molecular flexibility index (Phi) is 6.72. The number of carbonyl (C=O) groups excluding carboxylic acids is 1. The van der Waals surface area contributed by atoms with Crippen LogP contribution in [0, 0.1) is 5.82 Å². The minimum Gasteiger partial charge on any atom is -1.00 e. The highest BCUT2D eigenvalue weighted by atomic mass is 35.5. The van der Waals surface area contributed by atoms with E-state index >= 15 is 0 Å². The topological polar surface area (TPSA) is 29.1 Å². The monoisotopic (exact) mass is 354 g/mol. The van der Waals surface area contributed by atoms with Crippen molar-refractivity contribution >= 4 is 11.5 Å². The normalized spacial score (nSPS) is 11.2. The maximum Gasteiger partial charge on any atom is 0.165 e. The van der Waals surface area contributed by atoms with Crippen LogP contribution in [0.15, 0.2) is 84.9 Å². The Morgan fingerprint density at radius 1 is 0.840 bits per heavy atom. The van der Waals surface area contributed by atoms with Gasteiger partial charge in [0.1, 0.15) is 5.82 Å². The molecule has 0 saturated carbocycles. The fraction of sp³-hybridized carbons (Fsp3) is 0.0952. The van der Waals surface area contributed by atoms with Gasteiger partial charge in [0.2, 0.25) is 0 Å². The first-order valence-corrected chi connectivity index (χ1v) is 7.87. The number of carbonyl (C=O) groups is 1. The van der Waals surface area contributed by atoms with Gasteiger partial charge in [-0.2, -0.15) is 0 Å². The number of benzene rings is 3. The van der Waals surface area contributed by atoms with Gasteiger partial charge in [0.05, 0.1) is 6.04 Å². The molecule has 0 aliphatic heterocycles. The quantitative estimate of drug-likeness (QED) is 0.688. The third-order valence-corrected chi connectivity index (χ3v) is 3.87. The summed E-state index contributed by atoms with van der Waals surface area (Å²) in [5.74, 6) is -0.236. The predicted octanol–water partition coefficient (Wildman–Crippen LogP) is 2.26. The molecule has 25 heavy (non-hydrogen) atoms. The molecule has 0 heterocycles. The van der Waals surface area contributed by atoms with Crippen molar-refractivity contribution < 1.29 is 21.6 Å². The van der Waals surface area contributed by atoms with Gasteiger partial charge >= 0.3 is 0 Å². The molecule has 0 fully saturated rings. The average Bonchev–Trinajstić information content (AvgIpc) is 2.63. The summed E-state index contributed by atoms with van der Waals surface area (Å²) in [6.45, 7) is 0. The summed E-state index contributed by atoms with van der Waals surface area (Å²) in [4.78, 5) is 12.6. The van der Waals surface area contributed by atoms with Gasteiger partial charge in [0, 0.05) is 17.7 Å². The van der Waals surface area contributed by atoms with Gasteiger partial charge in [0.15, 0.2) is 5.78 Å². The van der Waals surface area contributed by atoms with Crippen LogP contribution < -0.4 is 17.7 Å². The van der Waals surface area contributed by atoms with Gasteiger partial charge in [-0.3, -0.25) is 4.79 Å². The zero-order chi connectivity index (χ0) is 16.8. The largest absolute Gasteiger partial charge is 1.00 e. The summed E-state index contributed by atoms with van der Waals surface area (Å²) < 4.78 is 13.2. The van der Waals surface area contributed by atoms with Crippen LogP contribution in [-0.4, -0.2) is 5.78 Å². The average molecular weight is 355 g/mol. The minimum absolute atomic E-state index is 0. The van der Waals surface area contributed by atoms with Gasteiger partial charge in [-0.25, -0.2) is 4.39 Å². The highest BCUT2D eigenvalue weighted by Crippen LogP contribution is 2.24. The second kappa shape index (κ2) is 9.00. The summed E-state index contributed by atoms with van der Waals surface area (Å²) in [5, 5.41) is 3.37. The van der Waals surface area contributed by atoms with Crippen molar-refractivity contribution in [2.75, 3.05) is 5.32 Å². The van der Waals surface area contributed by atoms with Crippen molar-refractivity contribution in [1.29, 1.82) is 0 Å². The second-order valence-corrected chi connectivity index (χ2v) is 5.61. The zero-order valence-electron chi connectivity index (χ0n) is 13.5. The highest BCUT2D eigenvalue weighted by Gasteiger charge is 2.17. The van der Waals surface area contributed by atoms with Crippen molar-refractivity contribution in [3.8, 4) is 0 Å². The summed E-state index contributed by atoms with van der Waals surface area (Å²) in [7, 11) is 0. The number of ketones is 1. The van der Waals surface area contributed by atoms with E-state index in [-0.39, 0.29) is 30.0 Å². The van der Waals surface area contributed by atoms with E-state index < -0.39 is 0 Å². The molecule has 0 aliphatic carbocycles. The molecule has 4 heteroatoms. The van der Waals surface area contributed by atoms with Crippen molar-refractivity contribution in [2.45, 2.75) is 12.5 Å². The second-order valence-electron chi connectivity index (χ2n) is 5.61. The van der Waals surface area contributed by atoms with E-state index in [1.807, 2.05) is 60.7 Å². The molecule has 0 spiro atoms. The van der Waals surface area contributed by atoms with E-state index in [0.29, 0.717) is 12.0 Å². The van der Waals surface area contributed by atoms with Gasteiger partial charge in [-0.05, 0) is 29.8 Å². The van der Waals surface area contributed by atoms with Crippen molar-refractivity contribution in [3.05, 3.63) is 102 Å². The summed E-state index contributed by atoms with van der Waals surface area (Å²) >= 11 is 0. The van der Waals surface area contributed by atoms with Gasteiger partial charge in [0.25, 0.3) is 0 Å². The number of nitrogens with one attached hydrogen (secondary N) is 1. The summed E-state index contributed by atoms with van der Waals surface area (Å²) in [6.07, 6.45) is 0.296. The third kappa shape index (κ3) is 5.16. The van der Waals surface area contributed by atoms with E-state index in [1.165, 1.54) is 12.1 Å². The molecule has 0 bridgehead atoms. The van der Waals surface area contributed by atoms with Crippen molar-refractivity contribution in [1.82, 2.24) is 0 Å². The third-order valence-electron chi connectivity index (χ3n) is 3.87. The number of hydrogen-bond acceptors (Lipinski definition) is 2. The summed E-state index contributed by atoms with van der Waals surface area (Å²) in [6, 6.07) is 25.0. The molecule has 3 aromatic carbocycles. The number of halogens is 2. The Morgan fingerprint density at radius 3 is 2.00 bits per heavy atom. The van der Waals surface area contributed by atoms with Crippen LogP contribution in [0.25, 0.3) is 0 Å². The SMILES string of the molecule is O=C(CC(Nc1ccccc1)c1ccc(F)cc1)c1ccccc1.[Cl-]. The molecule has 0 aliphatic rings. The lowest BCUT2D eigenvalue weighted by Crippen LogP contribution is -3.00. The Bertz CT molecular complexity index is 791. The van der Waals surface area contributed by atoms with E-state index in [0.717, 1.165) is 11.3 Å². The lowest BCUT2D eigenvalue weighted by Gasteiger charge is -2.20. The lowest BCUT2D eigenvalue weighted by molar-refractivity contribution is -0.0000134. The molecule has 2 nitrogen and oxygen atoms in total. The van der Waals surface area contributed by atoms with Crippen LogP contribution in [0.3, 0.4) is 0 Å². The summed E-state index contributed by atoms with van der Waals surface area (Å²) in [5.41, 5.74) is 2.48. The molecule has 1 atom stereocenters. The van der Waals surface area contributed by atoms with Gasteiger partial charge in [-0.15, -0.1) is 0 Å². The molecule has 128 valence electrons. The first-order valence-electron chi connectivity index (χ1n) is 7.87. The predicted molar refractivity (Wildman–Crippen MR) is 94.6 cm³/mol. The molecule has 0 aromatic heterocycles. The smallest absolute Gasteiger partial charge is 0.165 e. The first-order chi connectivity index (χ1) is 11.7. The van der Waals surface area contributed by atoms with Gasteiger partial charge < -0.3 is 17.7 Å². The Hall–Kier alpha value is -2.65. The number of hydrogen-bond donors (Lipinski definition) is 1. The van der Waals surface area contributed by atoms with E-state index in [4.69, 9.17) is 0 Å². The minimum atomic E-state index is -0.286. The van der Waals surface area contributed by atoms with Gasteiger partial charge in [-0.1, -0.05) is 60.7 Å². The number of rotatable bonds is 6. The van der Waals surface area contributed by atoms with Crippen LogP contribution >= 0.6 is 0 Å². The van der Waals surface area contributed by atoms with E-state index in [1.54, 1.807) is 12.1 Å². The van der Waals surface area contributed by atoms with E-state index in [9.17, 15) is 9.18 Å². The van der Waals surface area contributed by atoms with Crippen LogP contribution in [0.4, 0.5) is 10.1 Å². The number of anilines is 1. The molecule has 0 amide bonds. The van der Waals surface area contributed by atoms with Crippen LogP contribution in [0.2, 0.25) is 0 Å². The Balaban J connectivity index is 0.00000225. The maximum absolute atomic E-state index is 13.2. The molecule has 3 rings (SSSR count). The molecular weight excluding hydrogens is 337 g/mol. The highest BCUT2D eigenvalue weighted by molar-refractivity contribution is 5.96. The van der Waals surface area contributed by atoms with Crippen molar-refractivity contribution in [3.63, 3.8) is 0 Å². The fourth-order valence-corrected chi connectivity index (χ4v) is 2.61. The molecule has 1 unspecified atom stereocenters. The molecular formula is C21H18ClFNO-. The molecule has 0 radical (unpaired) electrons. The Morgan fingerprint density at radius 2 is 1.40 bits per heavy atom. The van der Waals surface area contributed by atoms with Crippen LogP contribution in [0.1, 0.15) is 28.4 Å². The van der Waals surface area contributed by atoms with E-state index in [2.05, 4.69) is 5.32 Å².